The zero-order valence-electron chi connectivity index (χ0n) is 15.2. The van der Waals surface area contributed by atoms with E-state index in [-0.39, 0.29) is 23.4 Å². The van der Waals surface area contributed by atoms with Crippen molar-refractivity contribution in [1.82, 2.24) is 14.8 Å². The Morgan fingerprint density at radius 2 is 1.96 bits per heavy atom. The number of nitrogens with zero attached hydrogens (tertiary/aromatic N) is 2. The van der Waals surface area contributed by atoms with Gasteiger partial charge in [-0.3, -0.25) is 14.4 Å². The first-order valence-electron chi connectivity index (χ1n) is 9.81. The summed E-state index contributed by atoms with van der Waals surface area (Å²) in [4.78, 5) is 44.4. The van der Waals surface area contributed by atoms with E-state index in [4.69, 9.17) is 0 Å². The van der Waals surface area contributed by atoms with Gasteiger partial charge in [-0.1, -0.05) is 18.2 Å². The first kappa shape index (κ1) is 16.5. The number of nitrogens with one attached hydrogen (secondary N) is 1. The highest BCUT2D eigenvalue weighted by molar-refractivity contribution is 6.06. The van der Waals surface area contributed by atoms with Crippen molar-refractivity contribution in [3.8, 4) is 0 Å². The van der Waals surface area contributed by atoms with E-state index in [0.29, 0.717) is 42.4 Å². The van der Waals surface area contributed by atoms with Crippen LogP contribution >= 0.6 is 0 Å². The smallest absolute Gasteiger partial charge is 0.254 e. The minimum absolute atomic E-state index is 0.0671. The molecule has 0 aliphatic carbocycles. The molecule has 0 saturated carbocycles. The summed E-state index contributed by atoms with van der Waals surface area (Å²) in [6.45, 7) is 2.10. The predicted molar refractivity (Wildman–Crippen MR) is 101 cm³/mol. The minimum Gasteiger partial charge on any atom is -0.339 e. The summed E-state index contributed by atoms with van der Waals surface area (Å²) in [5.41, 5.74) is 0.916. The monoisotopic (exact) mass is 365 g/mol. The number of carbonyl (C=O) groups is 2. The number of para-hydroxylation sites is 1. The van der Waals surface area contributed by atoms with Crippen molar-refractivity contribution < 1.29 is 9.59 Å². The van der Waals surface area contributed by atoms with E-state index in [2.05, 4.69) is 9.88 Å². The van der Waals surface area contributed by atoms with Gasteiger partial charge < -0.3 is 14.8 Å². The van der Waals surface area contributed by atoms with Gasteiger partial charge in [0.05, 0.1) is 5.56 Å². The van der Waals surface area contributed by atoms with E-state index in [1.165, 1.54) is 6.07 Å². The second-order valence-electron chi connectivity index (χ2n) is 8.17. The van der Waals surface area contributed by atoms with Gasteiger partial charge in [0, 0.05) is 49.1 Å². The highest BCUT2D eigenvalue weighted by Gasteiger charge is 2.44. The number of hydrogen-bond donors (Lipinski definition) is 1. The molecule has 1 aromatic heterocycles. The van der Waals surface area contributed by atoms with Gasteiger partial charge in [0.15, 0.2) is 0 Å². The molecule has 27 heavy (non-hydrogen) atoms. The predicted octanol–water partition coefficient (Wildman–Crippen LogP) is 2.00. The molecule has 3 aliphatic heterocycles. The molecule has 0 spiro atoms. The Morgan fingerprint density at radius 3 is 2.85 bits per heavy atom. The first-order chi connectivity index (χ1) is 13.1. The van der Waals surface area contributed by atoms with Crippen molar-refractivity contribution >= 4 is 22.7 Å². The third-order valence-corrected chi connectivity index (χ3v) is 6.45. The molecule has 1 aromatic carbocycles. The molecule has 6 nitrogen and oxygen atoms in total. The lowest BCUT2D eigenvalue weighted by atomic mass is 9.76. The number of benzene rings is 1. The quantitative estimate of drug-likeness (QED) is 0.840. The number of fused-ring (bicyclic) bond motifs is 5. The van der Waals surface area contributed by atoms with Crippen molar-refractivity contribution in [3.05, 3.63) is 46.2 Å². The third kappa shape index (κ3) is 2.74. The molecule has 3 saturated heterocycles. The van der Waals surface area contributed by atoms with Crippen LogP contribution in [0, 0.1) is 11.8 Å². The Hall–Kier alpha value is -2.63. The van der Waals surface area contributed by atoms with Crippen LogP contribution < -0.4 is 5.56 Å². The fraction of sp³-hybridized carbons (Fsp3) is 0.476. The molecule has 140 valence electrons. The number of carbonyl (C=O) groups excluding carboxylic acids is 2. The number of piperidine rings is 3. The van der Waals surface area contributed by atoms with Crippen molar-refractivity contribution in [3.63, 3.8) is 0 Å². The fourth-order valence-corrected chi connectivity index (χ4v) is 5.33. The zero-order valence-corrected chi connectivity index (χ0v) is 15.2. The first-order valence-corrected chi connectivity index (χ1v) is 9.81. The number of aromatic amines is 1. The lowest BCUT2D eigenvalue weighted by Gasteiger charge is -2.52. The fourth-order valence-electron chi connectivity index (χ4n) is 5.33. The number of hydrogen-bond acceptors (Lipinski definition) is 3. The third-order valence-electron chi connectivity index (χ3n) is 6.45. The number of aromatic nitrogens is 1. The van der Waals surface area contributed by atoms with Gasteiger partial charge in [-0.2, -0.15) is 0 Å². The van der Waals surface area contributed by atoms with E-state index in [1.807, 2.05) is 29.2 Å². The topological polar surface area (TPSA) is 73.5 Å². The molecule has 2 bridgehead atoms. The Labute approximate surface area is 157 Å². The number of rotatable bonds is 1. The molecule has 6 heteroatoms. The van der Waals surface area contributed by atoms with Gasteiger partial charge in [0.25, 0.3) is 5.91 Å². The van der Waals surface area contributed by atoms with Crippen LogP contribution in [-0.4, -0.2) is 52.3 Å². The molecular weight excluding hydrogens is 342 g/mol. The standard InChI is InChI=1S/C21H23N3O3/c25-19-9-16(15-4-1-2-5-17(15)22-19)21(27)23-10-13-8-14(12-23)18-6-3-7-20(26)24(18)11-13/h1-2,4-5,9,13-14,18H,3,6-8,10-12H2,(H,22,25)/t13-,14+,18+/m1/s1. The van der Waals surface area contributed by atoms with Gasteiger partial charge in [0.2, 0.25) is 11.5 Å². The van der Waals surface area contributed by atoms with E-state index < -0.39 is 0 Å². The zero-order chi connectivity index (χ0) is 18.5. The van der Waals surface area contributed by atoms with Crippen molar-refractivity contribution in [2.75, 3.05) is 19.6 Å². The van der Waals surface area contributed by atoms with E-state index >= 15 is 0 Å². The van der Waals surface area contributed by atoms with Gasteiger partial charge >= 0.3 is 0 Å². The number of amides is 2. The number of likely N-dealkylation sites (tertiary alicyclic amines) is 1. The Morgan fingerprint density at radius 1 is 1.11 bits per heavy atom. The van der Waals surface area contributed by atoms with Crippen LogP contribution in [0.15, 0.2) is 35.1 Å². The van der Waals surface area contributed by atoms with Crippen LogP contribution in [0.1, 0.15) is 36.0 Å². The Bertz CT molecular complexity index is 982. The maximum absolute atomic E-state index is 13.3. The minimum atomic E-state index is -0.252. The van der Waals surface area contributed by atoms with Crippen LogP contribution in [0.4, 0.5) is 0 Å². The van der Waals surface area contributed by atoms with Gasteiger partial charge in [-0.05, 0) is 37.2 Å². The van der Waals surface area contributed by atoms with Gasteiger partial charge in [-0.25, -0.2) is 0 Å². The average molecular weight is 365 g/mol. The van der Waals surface area contributed by atoms with Crippen molar-refractivity contribution in [1.29, 1.82) is 0 Å². The molecule has 3 fully saturated rings. The second-order valence-corrected chi connectivity index (χ2v) is 8.17. The number of pyridine rings is 1. The second kappa shape index (κ2) is 6.22. The molecule has 4 heterocycles. The van der Waals surface area contributed by atoms with Crippen LogP contribution in [-0.2, 0) is 4.79 Å². The molecule has 3 aliphatic rings. The van der Waals surface area contributed by atoms with Crippen LogP contribution in [0.25, 0.3) is 10.9 Å². The van der Waals surface area contributed by atoms with E-state index in [1.54, 1.807) is 0 Å². The SMILES string of the molecule is O=C(c1cc(=O)[nH]c2ccccc12)N1C[C@H]2C[C@@H](C1)[C@@H]1CCCC(=O)N1C2. The summed E-state index contributed by atoms with van der Waals surface area (Å²) in [7, 11) is 0. The maximum Gasteiger partial charge on any atom is 0.254 e. The lowest BCUT2D eigenvalue weighted by molar-refractivity contribution is -0.144. The van der Waals surface area contributed by atoms with Gasteiger partial charge in [-0.15, -0.1) is 0 Å². The summed E-state index contributed by atoms with van der Waals surface area (Å²) in [5.74, 6) is 0.891. The van der Waals surface area contributed by atoms with Crippen LogP contribution in [0.2, 0.25) is 0 Å². The Balaban J connectivity index is 1.46. The van der Waals surface area contributed by atoms with Crippen molar-refractivity contribution in [2.45, 2.75) is 31.7 Å². The highest BCUT2D eigenvalue weighted by atomic mass is 16.2. The number of H-pyrrole nitrogens is 1. The average Bonchev–Trinajstić information content (AvgIpc) is 2.67. The van der Waals surface area contributed by atoms with Crippen LogP contribution in [0.3, 0.4) is 0 Å². The van der Waals surface area contributed by atoms with Crippen molar-refractivity contribution in [2.24, 2.45) is 11.8 Å². The summed E-state index contributed by atoms with van der Waals surface area (Å²) in [5, 5.41) is 0.785. The summed E-state index contributed by atoms with van der Waals surface area (Å²) in [6, 6.07) is 9.13. The molecule has 2 aromatic rings. The lowest BCUT2D eigenvalue weighted by Crippen LogP contribution is -2.61. The van der Waals surface area contributed by atoms with Crippen LogP contribution in [0.5, 0.6) is 0 Å². The molecule has 5 rings (SSSR count). The summed E-state index contributed by atoms with van der Waals surface area (Å²) >= 11 is 0. The molecule has 1 N–H and O–H groups in total. The van der Waals surface area contributed by atoms with Gasteiger partial charge in [0.1, 0.15) is 0 Å². The normalized spacial score (nSPS) is 27.6. The largest absolute Gasteiger partial charge is 0.339 e. The molecular formula is C21H23N3O3. The highest BCUT2D eigenvalue weighted by Crippen LogP contribution is 2.38. The van der Waals surface area contributed by atoms with E-state index in [0.717, 1.165) is 31.2 Å². The molecule has 3 atom stereocenters. The Kier molecular flexibility index (Phi) is 3.81. The molecule has 2 amide bonds. The summed E-state index contributed by atoms with van der Waals surface area (Å²) in [6.07, 6.45) is 3.75. The summed E-state index contributed by atoms with van der Waals surface area (Å²) < 4.78 is 0. The maximum atomic E-state index is 13.3. The molecule has 0 unspecified atom stereocenters. The van der Waals surface area contributed by atoms with E-state index in [9.17, 15) is 14.4 Å². The molecule has 0 radical (unpaired) electrons.